The molecule has 2 aromatic rings. The van der Waals surface area contributed by atoms with Crippen LogP contribution in [-0.2, 0) is 9.59 Å². The zero-order chi connectivity index (χ0) is 22.1. The van der Waals surface area contributed by atoms with E-state index < -0.39 is 30.5 Å². The lowest BCUT2D eigenvalue weighted by Gasteiger charge is -2.52. The number of hydrogen-bond donors (Lipinski definition) is 2. The smallest absolute Gasteiger partial charge is 0.252 e. The molecule has 0 aliphatic heterocycles. The summed E-state index contributed by atoms with van der Waals surface area (Å²) in [7, 11) is 0. The molecule has 156 valence electrons. The lowest BCUT2D eigenvalue weighted by Crippen LogP contribution is -2.70. The summed E-state index contributed by atoms with van der Waals surface area (Å²) in [6, 6.07) is 16.9. The fraction of sp³-hybridized carbons (Fsp3) is 0.100. The van der Waals surface area contributed by atoms with E-state index in [1.54, 1.807) is 60.7 Å². The van der Waals surface area contributed by atoms with E-state index in [-0.39, 0.29) is 11.1 Å². The van der Waals surface area contributed by atoms with Crippen molar-refractivity contribution in [2.45, 2.75) is 9.75 Å². The summed E-state index contributed by atoms with van der Waals surface area (Å²) < 4.78 is -0.795. The van der Waals surface area contributed by atoms with Crippen LogP contribution in [0, 0.1) is 0 Å². The molecule has 0 spiro atoms. The minimum Gasteiger partial charge on any atom is -0.324 e. The number of benzene rings is 2. The van der Waals surface area contributed by atoms with Crippen molar-refractivity contribution in [2.75, 3.05) is 10.6 Å². The monoisotopic (exact) mass is 522 g/mol. The lowest BCUT2D eigenvalue weighted by molar-refractivity contribution is -0.125. The summed E-state index contributed by atoms with van der Waals surface area (Å²) >= 11 is 37.3. The van der Waals surface area contributed by atoms with Gasteiger partial charge in [-0.1, -0.05) is 82.8 Å². The Bertz CT molecular complexity index is 964. The maximum Gasteiger partial charge on any atom is 0.252 e. The number of carbonyl (C=O) groups excluding carboxylic acids is 2. The van der Waals surface area contributed by atoms with Gasteiger partial charge in [-0.15, -0.1) is 23.2 Å². The highest BCUT2D eigenvalue weighted by molar-refractivity contribution is 6.65. The van der Waals surface area contributed by atoms with Crippen LogP contribution in [0.1, 0.15) is 0 Å². The van der Waals surface area contributed by atoms with Gasteiger partial charge in [0.2, 0.25) is 0 Å². The number of nitrogens with one attached hydrogen (secondary N) is 2. The second kappa shape index (κ2) is 8.99. The molecule has 0 saturated heterocycles. The van der Waals surface area contributed by atoms with Gasteiger partial charge in [-0.25, -0.2) is 0 Å². The Balaban J connectivity index is 2.09. The van der Waals surface area contributed by atoms with Crippen molar-refractivity contribution in [1.29, 1.82) is 0 Å². The highest BCUT2D eigenvalue weighted by Crippen LogP contribution is 2.64. The average molecular weight is 525 g/mol. The van der Waals surface area contributed by atoms with Crippen LogP contribution >= 0.6 is 69.6 Å². The van der Waals surface area contributed by atoms with Gasteiger partial charge in [0.25, 0.3) is 11.8 Å². The molecule has 3 rings (SSSR count). The molecule has 2 aromatic carbocycles. The van der Waals surface area contributed by atoms with Crippen molar-refractivity contribution < 1.29 is 9.59 Å². The number of halogens is 6. The van der Waals surface area contributed by atoms with E-state index in [2.05, 4.69) is 10.6 Å². The molecule has 10 heteroatoms. The molecule has 1 aliphatic carbocycles. The molecular weight excluding hydrogens is 513 g/mol. The SMILES string of the molecule is O=C(Nc1ccccc1)C1(Cl)C(=C(Cl)Cl)C(=C(Cl)Cl)C1(Cl)C(=O)Nc1ccccc1. The third kappa shape index (κ3) is 3.81. The molecule has 0 bridgehead atoms. The molecule has 1 saturated carbocycles. The summed E-state index contributed by atoms with van der Waals surface area (Å²) in [5.41, 5.74) is 0.534. The van der Waals surface area contributed by atoms with Crippen LogP contribution in [0.2, 0.25) is 0 Å². The summed E-state index contributed by atoms with van der Waals surface area (Å²) in [6.45, 7) is 0. The number of anilines is 2. The van der Waals surface area contributed by atoms with E-state index in [1.165, 1.54) is 0 Å². The van der Waals surface area contributed by atoms with E-state index in [0.29, 0.717) is 11.4 Å². The van der Waals surface area contributed by atoms with Gasteiger partial charge in [-0.3, -0.25) is 9.59 Å². The first-order valence-corrected chi connectivity index (χ1v) is 10.6. The molecule has 2 atom stereocenters. The average Bonchev–Trinajstić information content (AvgIpc) is 2.71. The van der Waals surface area contributed by atoms with E-state index in [9.17, 15) is 9.59 Å². The van der Waals surface area contributed by atoms with Gasteiger partial charge in [-0.05, 0) is 24.3 Å². The number of hydrogen-bond acceptors (Lipinski definition) is 2. The van der Waals surface area contributed by atoms with E-state index >= 15 is 0 Å². The van der Waals surface area contributed by atoms with Crippen LogP contribution < -0.4 is 10.6 Å². The first kappa shape index (κ1) is 23.3. The molecule has 4 nitrogen and oxygen atoms in total. The largest absolute Gasteiger partial charge is 0.324 e. The molecule has 30 heavy (non-hydrogen) atoms. The minimum atomic E-state index is -2.20. The fourth-order valence-corrected chi connectivity index (χ4v) is 5.06. The van der Waals surface area contributed by atoms with Crippen LogP contribution in [0.25, 0.3) is 0 Å². The van der Waals surface area contributed by atoms with Crippen LogP contribution in [0.3, 0.4) is 0 Å². The molecule has 2 amide bonds. The van der Waals surface area contributed by atoms with E-state index in [1.807, 2.05) is 0 Å². The first-order valence-electron chi connectivity index (χ1n) is 8.36. The molecule has 2 N–H and O–H groups in total. The highest BCUT2D eigenvalue weighted by Gasteiger charge is 2.75. The van der Waals surface area contributed by atoms with Gasteiger partial charge in [-0.2, -0.15) is 0 Å². The molecule has 1 aliphatic rings. The van der Waals surface area contributed by atoms with E-state index in [0.717, 1.165) is 0 Å². The Kier molecular flexibility index (Phi) is 6.97. The van der Waals surface area contributed by atoms with Gasteiger partial charge in [0.1, 0.15) is 8.98 Å². The topological polar surface area (TPSA) is 58.2 Å². The quantitative estimate of drug-likeness (QED) is 0.442. The second-order valence-corrected chi connectivity index (χ2v) is 9.26. The number of para-hydroxylation sites is 2. The van der Waals surface area contributed by atoms with Gasteiger partial charge in [0.15, 0.2) is 9.75 Å². The van der Waals surface area contributed by atoms with Crippen LogP contribution in [0.15, 0.2) is 80.8 Å². The van der Waals surface area contributed by atoms with E-state index in [4.69, 9.17) is 69.6 Å². The number of alkyl halides is 2. The predicted molar refractivity (Wildman–Crippen MR) is 125 cm³/mol. The zero-order valence-electron chi connectivity index (χ0n) is 14.9. The molecule has 2 unspecified atom stereocenters. The fourth-order valence-electron chi connectivity index (χ4n) is 3.09. The summed E-state index contributed by atoms with van der Waals surface area (Å²) in [6.07, 6.45) is 0. The Hall–Kier alpha value is -1.40. The van der Waals surface area contributed by atoms with Crippen molar-refractivity contribution in [3.63, 3.8) is 0 Å². The lowest BCUT2D eigenvalue weighted by atomic mass is 9.63. The molecule has 0 radical (unpaired) electrons. The standard InChI is InChI=1S/C20H12Cl6N2O2/c21-15(22)13-14(16(23)24)20(26,18(30)28-12-9-5-2-6-10-12)19(13,25)17(29)27-11-7-3-1-4-8-11/h1-10H,(H,27,29)(H,28,30). The second-order valence-electron chi connectivity index (χ2n) is 6.23. The summed E-state index contributed by atoms with van der Waals surface area (Å²) in [5, 5.41) is 5.21. The van der Waals surface area contributed by atoms with Crippen molar-refractivity contribution >= 4 is 92.8 Å². The van der Waals surface area contributed by atoms with Crippen LogP contribution in [0.5, 0.6) is 0 Å². The van der Waals surface area contributed by atoms with Gasteiger partial charge < -0.3 is 10.6 Å². The maximum absolute atomic E-state index is 13.2. The van der Waals surface area contributed by atoms with Crippen molar-refractivity contribution in [2.24, 2.45) is 0 Å². The molecule has 1 fully saturated rings. The maximum atomic E-state index is 13.2. The molecule has 0 aromatic heterocycles. The van der Waals surface area contributed by atoms with Crippen molar-refractivity contribution in [3.8, 4) is 0 Å². The van der Waals surface area contributed by atoms with Crippen LogP contribution in [0.4, 0.5) is 11.4 Å². The Labute approximate surface area is 202 Å². The molecular formula is C20H12Cl6N2O2. The Morgan fingerprint density at radius 2 is 0.900 bits per heavy atom. The minimum absolute atomic E-state index is 0.154. The van der Waals surface area contributed by atoms with Crippen molar-refractivity contribution in [1.82, 2.24) is 0 Å². The normalized spacial score (nSPS) is 22.7. The number of rotatable bonds is 4. The Morgan fingerprint density at radius 3 is 1.17 bits per heavy atom. The number of amides is 2. The third-order valence-electron chi connectivity index (χ3n) is 4.48. The van der Waals surface area contributed by atoms with Crippen LogP contribution in [-0.4, -0.2) is 21.6 Å². The summed E-state index contributed by atoms with van der Waals surface area (Å²) in [4.78, 5) is 22.0. The predicted octanol–water partition coefficient (Wildman–Crippen LogP) is 6.61. The first-order chi connectivity index (χ1) is 14.1. The summed E-state index contributed by atoms with van der Waals surface area (Å²) in [5.74, 6) is -1.67. The van der Waals surface area contributed by atoms with Crippen molar-refractivity contribution in [3.05, 3.63) is 80.8 Å². The van der Waals surface area contributed by atoms with Gasteiger partial charge in [0, 0.05) is 22.5 Å². The highest BCUT2D eigenvalue weighted by atomic mass is 35.5. The Morgan fingerprint density at radius 1 is 0.600 bits per heavy atom. The zero-order valence-corrected chi connectivity index (χ0v) is 19.4. The molecule has 0 heterocycles. The number of carbonyl (C=O) groups is 2. The third-order valence-corrected chi connectivity index (χ3v) is 6.62. The van der Waals surface area contributed by atoms with Gasteiger partial charge in [0.05, 0.1) is 0 Å². The van der Waals surface area contributed by atoms with Gasteiger partial charge >= 0.3 is 0 Å².